The Morgan fingerprint density at radius 2 is 2.00 bits per heavy atom. The van der Waals surface area contributed by atoms with Crippen molar-refractivity contribution < 1.29 is 4.79 Å². The Morgan fingerprint density at radius 3 is 2.65 bits per heavy atom. The van der Waals surface area contributed by atoms with Gasteiger partial charge in [-0.25, -0.2) is 0 Å². The van der Waals surface area contributed by atoms with Crippen LogP contribution >= 0.6 is 11.3 Å². The second kappa shape index (κ2) is 5.84. The van der Waals surface area contributed by atoms with Crippen molar-refractivity contribution in [3.8, 4) is 0 Å². The molecule has 3 heterocycles. The molecule has 110 valence electrons. The van der Waals surface area contributed by atoms with Crippen molar-refractivity contribution in [1.29, 1.82) is 0 Å². The maximum atomic E-state index is 11.9. The molecule has 2 atom stereocenters. The second-order valence-electron chi connectivity index (χ2n) is 6.02. The largest absolute Gasteiger partial charge is 0.348 e. The Kier molecular flexibility index (Phi) is 4.10. The van der Waals surface area contributed by atoms with Crippen molar-refractivity contribution in [2.24, 2.45) is 0 Å². The van der Waals surface area contributed by atoms with E-state index < -0.39 is 0 Å². The van der Waals surface area contributed by atoms with Crippen LogP contribution in [0.25, 0.3) is 0 Å². The highest BCUT2D eigenvalue weighted by atomic mass is 32.1. The zero-order valence-corrected chi connectivity index (χ0v) is 13.1. The molecule has 1 amide bonds. The van der Waals surface area contributed by atoms with Crippen LogP contribution in [0.2, 0.25) is 0 Å². The highest BCUT2D eigenvalue weighted by Gasteiger charge is 2.42. The van der Waals surface area contributed by atoms with E-state index in [9.17, 15) is 4.79 Å². The maximum absolute atomic E-state index is 11.9. The minimum Gasteiger partial charge on any atom is -0.348 e. The summed E-state index contributed by atoms with van der Waals surface area (Å²) in [5, 5.41) is 2.15. The number of nitrogens with zero attached hydrogens (tertiary/aromatic N) is 3. The fourth-order valence-electron chi connectivity index (χ4n) is 3.47. The number of hydrogen-bond donors (Lipinski definition) is 0. The lowest BCUT2D eigenvalue weighted by molar-refractivity contribution is -0.130. The van der Waals surface area contributed by atoms with E-state index in [0.717, 1.165) is 13.1 Å². The highest BCUT2D eigenvalue weighted by molar-refractivity contribution is 7.09. The zero-order valence-electron chi connectivity index (χ0n) is 12.3. The third-order valence-electron chi connectivity index (χ3n) is 4.58. The van der Waals surface area contributed by atoms with Gasteiger partial charge in [-0.3, -0.25) is 14.6 Å². The SMILES string of the molecule is CN(C)C(=O)CN1CC[C@@H]2[C@@H]1CCN2Cc1cccs1. The summed E-state index contributed by atoms with van der Waals surface area (Å²) in [5.41, 5.74) is 0. The van der Waals surface area contributed by atoms with Gasteiger partial charge in [0.15, 0.2) is 0 Å². The first-order chi connectivity index (χ1) is 9.65. The van der Waals surface area contributed by atoms with Gasteiger partial charge in [0.25, 0.3) is 0 Å². The lowest BCUT2D eigenvalue weighted by Gasteiger charge is -2.25. The number of carbonyl (C=O) groups excluding carboxylic acids is 1. The van der Waals surface area contributed by atoms with Crippen LogP contribution in [0.3, 0.4) is 0 Å². The van der Waals surface area contributed by atoms with Crippen LogP contribution in [0, 0.1) is 0 Å². The third kappa shape index (κ3) is 2.75. The van der Waals surface area contributed by atoms with E-state index in [1.165, 1.54) is 24.3 Å². The average molecular weight is 293 g/mol. The van der Waals surface area contributed by atoms with Gasteiger partial charge in [-0.1, -0.05) is 6.07 Å². The van der Waals surface area contributed by atoms with Crippen molar-refractivity contribution in [1.82, 2.24) is 14.7 Å². The van der Waals surface area contributed by atoms with E-state index in [-0.39, 0.29) is 5.91 Å². The van der Waals surface area contributed by atoms with Crippen molar-refractivity contribution in [3.63, 3.8) is 0 Å². The Hall–Kier alpha value is -0.910. The van der Waals surface area contributed by atoms with E-state index in [2.05, 4.69) is 27.3 Å². The predicted octanol–water partition coefficient (Wildman–Crippen LogP) is 1.48. The fourth-order valence-corrected chi connectivity index (χ4v) is 4.20. The van der Waals surface area contributed by atoms with Gasteiger partial charge in [-0.15, -0.1) is 11.3 Å². The van der Waals surface area contributed by atoms with Gasteiger partial charge < -0.3 is 4.90 Å². The average Bonchev–Trinajstić information content (AvgIpc) is 3.10. The lowest BCUT2D eigenvalue weighted by atomic mass is 10.1. The van der Waals surface area contributed by atoms with Crippen LogP contribution in [0.1, 0.15) is 17.7 Å². The van der Waals surface area contributed by atoms with Crippen LogP contribution in [0.15, 0.2) is 17.5 Å². The topological polar surface area (TPSA) is 26.8 Å². The van der Waals surface area contributed by atoms with E-state index in [1.807, 2.05) is 25.4 Å². The maximum Gasteiger partial charge on any atom is 0.236 e. The Labute approximate surface area is 125 Å². The van der Waals surface area contributed by atoms with E-state index in [4.69, 9.17) is 0 Å². The molecule has 2 fully saturated rings. The number of carbonyl (C=O) groups is 1. The number of amides is 1. The Balaban J connectivity index is 1.59. The van der Waals surface area contributed by atoms with E-state index >= 15 is 0 Å². The summed E-state index contributed by atoms with van der Waals surface area (Å²) in [7, 11) is 3.68. The predicted molar refractivity (Wildman–Crippen MR) is 81.8 cm³/mol. The molecule has 2 aliphatic heterocycles. The molecule has 0 radical (unpaired) electrons. The van der Waals surface area contributed by atoms with Gasteiger partial charge in [0.1, 0.15) is 0 Å². The smallest absolute Gasteiger partial charge is 0.236 e. The molecule has 4 nitrogen and oxygen atoms in total. The summed E-state index contributed by atoms with van der Waals surface area (Å²) in [5.74, 6) is 0.224. The van der Waals surface area contributed by atoms with Crippen LogP contribution < -0.4 is 0 Å². The Morgan fingerprint density at radius 1 is 1.30 bits per heavy atom. The molecule has 1 aromatic heterocycles. The Bertz CT molecular complexity index is 460. The molecule has 2 aliphatic rings. The zero-order chi connectivity index (χ0) is 14.1. The molecule has 0 bridgehead atoms. The number of thiophene rings is 1. The number of rotatable bonds is 4. The van der Waals surface area contributed by atoms with Gasteiger partial charge in [0.2, 0.25) is 5.91 Å². The molecule has 0 unspecified atom stereocenters. The molecule has 20 heavy (non-hydrogen) atoms. The van der Waals surface area contributed by atoms with Gasteiger partial charge in [0.05, 0.1) is 6.54 Å². The van der Waals surface area contributed by atoms with Crippen LogP contribution in [0.5, 0.6) is 0 Å². The number of likely N-dealkylation sites (N-methyl/N-ethyl adjacent to an activating group) is 1. The number of likely N-dealkylation sites (tertiary alicyclic amines) is 2. The first kappa shape index (κ1) is 14.0. The third-order valence-corrected chi connectivity index (χ3v) is 5.44. The molecule has 5 heteroatoms. The first-order valence-corrected chi connectivity index (χ1v) is 8.24. The summed E-state index contributed by atoms with van der Waals surface area (Å²) >= 11 is 1.84. The molecule has 0 spiro atoms. The van der Waals surface area contributed by atoms with Gasteiger partial charge >= 0.3 is 0 Å². The van der Waals surface area contributed by atoms with E-state index in [1.54, 1.807) is 4.90 Å². The number of fused-ring (bicyclic) bond motifs is 1. The van der Waals surface area contributed by atoms with Crippen molar-refractivity contribution in [3.05, 3.63) is 22.4 Å². The summed E-state index contributed by atoms with van der Waals surface area (Å²) in [6, 6.07) is 5.58. The summed E-state index contributed by atoms with van der Waals surface area (Å²) in [6.07, 6.45) is 2.41. The molecule has 0 aliphatic carbocycles. The molecular weight excluding hydrogens is 270 g/mol. The lowest BCUT2D eigenvalue weighted by Crippen LogP contribution is -2.41. The first-order valence-electron chi connectivity index (χ1n) is 7.36. The van der Waals surface area contributed by atoms with Crippen molar-refractivity contribution >= 4 is 17.2 Å². The van der Waals surface area contributed by atoms with E-state index in [0.29, 0.717) is 18.6 Å². The van der Waals surface area contributed by atoms with Gasteiger partial charge in [-0.2, -0.15) is 0 Å². The standard InChI is InChI=1S/C15H23N3OS/c1-16(2)15(19)11-18-8-6-13-14(18)5-7-17(13)10-12-4-3-9-20-12/h3-4,9,13-14H,5-8,10-11H2,1-2H3/t13-,14+/m1/s1. The highest BCUT2D eigenvalue weighted by Crippen LogP contribution is 2.32. The van der Waals surface area contributed by atoms with Crippen molar-refractivity contribution in [2.75, 3.05) is 33.7 Å². The number of hydrogen-bond acceptors (Lipinski definition) is 4. The normalized spacial score (nSPS) is 26.9. The minimum atomic E-state index is 0.224. The van der Waals surface area contributed by atoms with Crippen LogP contribution in [-0.2, 0) is 11.3 Å². The van der Waals surface area contributed by atoms with Crippen molar-refractivity contribution in [2.45, 2.75) is 31.5 Å². The second-order valence-corrected chi connectivity index (χ2v) is 7.05. The molecule has 1 aromatic rings. The summed E-state index contributed by atoms with van der Waals surface area (Å²) in [4.78, 5) is 20.0. The molecule has 2 saturated heterocycles. The molecule has 0 N–H and O–H groups in total. The summed E-state index contributed by atoms with van der Waals surface area (Å²) < 4.78 is 0. The van der Waals surface area contributed by atoms with Gasteiger partial charge in [0, 0.05) is 50.7 Å². The van der Waals surface area contributed by atoms with Crippen LogP contribution in [0.4, 0.5) is 0 Å². The van der Waals surface area contributed by atoms with Crippen LogP contribution in [-0.4, -0.2) is 66.4 Å². The summed E-state index contributed by atoms with van der Waals surface area (Å²) in [6.45, 7) is 3.89. The molecular formula is C15H23N3OS. The van der Waals surface area contributed by atoms with Gasteiger partial charge in [-0.05, 0) is 24.3 Å². The fraction of sp³-hybridized carbons (Fsp3) is 0.667. The monoisotopic (exact) mass is 293 g/mol. The molecule has 0 aromatic carbocycles. The molecule has 3 rings (SSSR count). The molecule has 0 saturated carbocycles. The quantitative estimate of drug-likeness (QED) is 0.841. The minimum absolute atomic E-state index is 0.224.